The first-order valence-electron chi connectivity index (χ1n) is 16.9. The zero-order chi connectivity index (χ0) is 34.7. The number of thiazole rings is 1. The zero-order valence-electron chi connectivity index (χ0n) is 27.8. The second-order valence-corrected chi connectivity index (χ2v) is 14.6. The van der Waals surface area contributed by atoms with Gasteiger partial charge >= 0.3 is 0 Å². The SMILES string of the molecule is Nc1ccccc1NC(=O)CCCCCC(=O)NCc1ccc([C@H]2O[C@@H](CSc3nc4ccccc4s3)C[C@@H](c3ccc(CO)cc3)O2)cc1. The van der Waals surface area contributed by atoms with Crippen LogP contribution in [0.5, 0.6) is 0 Å². The summed E-state index contributed by atoms with van der Waals surface area (Å²) >= 11 is 3.40. The Bertz CT molecular complexity index is 1830. The highest BCUT2D eigenvalue weighted by Crippen LogP contribution is 2.40. The first kappa shape index (κ1) is 35.6. The molecule has 9 nitrogen and oxygen atoms in total. The number of nitrogens with zero attached hydrogens (tertiary/aromatic N) is 1. The summed E-state index contributed by atoms with van der Waals surface area (Å²) in [6.45, 7) is 0.422. The number of ether oxygens (including phenoxy) is 2. The van der Waals surface area contributed by atoms with Gasteiger partial charge in [-0.05, 0) is 53.8 Å². The van der Waals surface area contributed by atoms with Gasteiger partial charge in [0.1, 0.15) is 0 Å². The average molecular weight is 711 g/mol. The summed E-state index contributed by atoms with van der Waals surface area (Å²) in [7, 11) is 0. The van der Waals surface area contributed by atoms with Gasteiger partial charge in [-0.15, -0.1) is 11.3 Å². The number of aliphatic hydroxyl groups is 1. The number of aliphatic hydroxyl groups excluding tert-OH is 1. The number of benzene rings is 4. The number of hydrogen-bond donors (Lipinski definition) is 4. The van der Waals surface area contributed by atoms with Crippen LogP contribution in [-0.4, -0.2) is 33.8 Å². The van der Waals surface area contributed by atoms with Crippen LogP contribution >= 0.6 is 23.1 Å². The summed E-state index contributed by atoms with van der Waals surface area (Å²) in [5.74, 6) is 0.648. The largest absolute Gasteiger partial charge is 0.397 e. The quantitative estimate of drug-likeness (QED) is 0.0489. The molecule has 0 spiro atoms. The van der Waals surface area contributed by atoms with Crippen LogP contribution < -0.4 is 16.4 Å². The summed E-state index contributed by atoms with van der Waals surface area (Å²) in [4.78, 5) is 29.5. The molecule has 1 saturated heterocycles. The fraction of sp³-hybridized carbons (Fsp3) is 0.308. The Morgan fingerprint density at radius 2 is 1.54 bits per heavy atom. The van der Waals surface area contributed by atoms with E-state index in [-0.39, 0.29) is 30.6 Å². The second kappa shape index (κ2) is 17.6. The highest BCUT2D eigenvalue weighted by molar-refractivity contribution is 8.01. The van der Waals surface area contributed by atoms with E-state index in [1.807, 2.05) is 78.9 Å². The number of anilines is 2. The number of amides is 2. The number of hydrogen-bond acceptors (Lipinski definition) is 9. The normalized spacial score (nSPS) is 17.4. The molecule has 5 aromatic rings. The smallest absolute Gasteiger partial charge is 0.224 e. The Balaban J connectivity index is 0.980. The van der Waals surface area contributed by atoms with Gasteiger partial charge in [0, 0.05) is 37.1 Å². The minimum atomic E-state index is -0.553. The summed E-state index contributed by atoms with van der Waals surface area (Å²) in [6.07, 6.45) is 2.91. The lowest BCUT2D eigenvalue weighted by molar-refractivity contribution is -0.245. The molecule has 11 heteroatoms. The maximum absolute atomic E-state index is 12.5. The maximum atomic E-state index is 12.5. The van der Waals surface area contributed by atoms with Gasteiger partial charge in [-0.3, -0.25) is 9.59 Å². The van der Waals surface area contributed by atoms with Gasteiger partial charge in [-0.25, -0.2) is 4.98 Å². The molecule has 3 atom stereocenters. The van der Waals surface area contributed by atoms with Crippen molar-refractivity contribution in [1.29, 1.82) is 0 Å². The van der Waals surface area contributed by atoms with E-state index in [9.17, 15) is 14.7 Å². The van der Waals surface area contributed by atoms with Crippen molar-refractivity contribution in [3.8, 4) is 0 Å². The molecule has 4 aromatic carbocycles. The van der Waals surface area contributed by atoms with Crippen molar-refractivity contribution >= 4 is 56.5 Å². The van der Waals surface area contributed by atoms with Crippen LogP contribution in [0.1, 0.15) is 73.2 Å². The highest BCUT2D eigenvalue weighted by atomic mass is 32.2. The van der Waals surface area contributed by atoms with E-state index < -0.39 is 6.29 Å². The van der Waals surface area contributed by atoms with Gasteiger partial charge in [0.2, 0.25) is 11.8 Å². The third-order valence-corrected chi connectivity index (χ3v) is 10.9. The first-order valence-corrected chi connectivity index (χ1v) is 18.7. The van der Waals surface area contributed by atoms with Gasteiger partial charge in [0.05, 0.1) is 40.4 Å². The summed E-state index contributed by atoms with van der Waals surface area (Å²) < 4.78 is 15.2. The van der Waals surface area contributed by atoms with Gasteiger partial charge in [0.25, 0.3) is 0 Å². The Morgan fingerprint density at radius 1 is 0.840 bits per heavy atom. The fourth-order valence-corrected chi connectivity index (χ4v) is 7.87. The average Bonchev–Trinajstić information content (AvgIpc) is 3.57. The number of carbonyl (C=O) groups excluding carboxylic acids is 2. The number of nitrogens with two attached hydrogens (primary N) is 1. The van der Waals surface area contributed by atoms with Crippen molar-refractivity contribution < 1.29 is 24.2 Å². The van der Waals surface area contributed by atoms with Crippen molar-refractivity contribution in [2.24, 2.45) is 0 Å². The van der Waals surface area contributed by atoms with Crippen LogP contribution in [0.15, 0.2) is 101 Å². The number of nitrogens with one attached hydrogen (secondary N) is 2. The zero-order valence-corrected chi connectivity index (χ0v) is 29.4. The Kier molecular flexibility index (Phi) is 12.5. The van der Waals surface area contributed by atoms with E-state index in [1.54, 1.807) is 35.2 Å². The van der Waals surface area contributed by atoms with Gasteiger partial charge < -0.3 is 30.9 Å². The van der Waals surface area contributed by atoms with E-state index in [0.29, 0.717) is 50.0 Å². The molecule has 0 saturated carbocycles. The number of fused-ring (bicyclic) bond motifs is 1. The van der Waals surface area contributed by atoms with Crippen LogP contribution in [0.25, 0.3) is 10.2 Å². The monoisotopic (exact) mass is 710 g/mol. The molecule has 1 aliphatic rings. The van der Waals surface area contributed by atoms with Crippen LogP contribution in [0.2, 0.25) is 0 Å². The molecular weight excluding hydrogens is 669 g/mol. The lowest BCUT2D eigenvalue weighted by Crippen LogP contribution is -2.31. The molecule has 1 aliphatic heterocycles. The first-order chi connectivity index (χ1) is 24.4. The number of unbranched alkanes of at least 4 members (excludes halogenated alkanes) is 2. The maximum Gasteiger partial charge on any atom is 0.224 e. The Labute approximate surface area is 300 Å². The standard InChI is InChI=1S/C39H42N4O5S2/c40-31-8-4-5-9-32(31)42-37(46)13-3-1-2-12-36(45)41-23-26-14-20-29(21-15-26)38-47-30(22-34(48-38)28-18-16-27(24-44)17-19-28)25-49-39-43-33-10-6-7-11-35(33)50-39/h4-11,14-21,30,34,38,44H,1-3,12-13,22-25,40H2,(H,41,45)(H,42,46)/t30-,34+,38+/m1/s1. The molecule has 5 N–H and O–H groups in total. The summed E-state index contributed by atoms with van der Waals surface area (Å²) in [6, 6.07) is 31.2. The molecule has 50 heavy (non-hydrogen) atoms. The number of thioether (sulfide) groups is 1. The van der Waals surface area contributed by atoms with Gasteiger partial charge in [0.15, 0.2) is 10.6 Å². The molecule has 1 aromatic heterocycles. The van der Waals surface area contributed by atoms with Crippen LogP contribution in [0, 0.1) is 0 Å². The molecule has 6 rings (SSSR count). The van der Waals surface area contributed by atoms with Crippen molar-refractivity contribution in [2.45, 2.75) is 74.5 Å². The molecule has 0 bridgehead atoms. The molecule has 2 amide bonds. The number of aromatic nitrogens is 1. The van der Waals surface area contributed by atoms with E-state index >= 15 is 0 Å². The second-order valence-electron chi connectivity index (χ2n) is 12.3. The minimum Gasteiger partial charge on any atom is -0.397 e. The Morgan fingerprint density at radius 3 is 2.30 bits per heavy atom. The van der Waals surface area contributed by atoms with Crippen LogP contribution in [0.4, 0.5) is 11.4 Å². The van der Waals surface area contributed by atoms with E-state index in [2.05, 4.69) is 16.7 Å². The van der Waals surface area contributed by atoms with E-state index in [0.717, 1.165) is 44.3 Å². The lowest BCUT2D eigenvalue weighted by Gasteiger charge is -2.36. The van der Waals surface area contributed by atoms with Gasteiger partial charge in [-0.2, -0.15) is 0 Å². The highest BCUT2D eigenvalue weighted by Gasteiger charge is 2.32. The number of rotatable bonds is 15. The van der Waals surface area contributed by atoms with Crippen LogP contribution in [0.3, 0.4) is 0 Å². The number of para-hydroxylation sites is 3. The molecule has 0 aliphatic carbocycles. The predicted molar refractivity (Wildman–Crippen MR) is 200 cm³/mol. The third kappa shape index (κ3) is 9.92. The summed E-state index contributed by atoms with van der Waals surface area (Å²) in [5.41, 5.74) is 11.9. The minimum absolute atomic E-state index is 0.00200. The van der Waals surface area contributed by atoms with E-state index in [1.165, 1.54) is 4.70 Å². The molecule has 1 fully saturated rings. The number of carbonyl (C=O) groups is 2. The molecule has 260 valence electrons. The number of nitrogen functional groups attached to an aromatic ring is 1. The predicted octanol–water partition coefficient (Wildman–Crippen LogP) is 7.91. The molecular formula is C39H42N4O5S2. The fourth-order valence-electron chi connectivity index (χ4n) is 5.75. The molecule has 0 radical (unpaired) electrons. The van der Waals surface area contributed by atoms with Crippen molar-refractivity contribution in [2.75, 3.05) is 16.8 Å². The summed E-state index contributed by atoms with van der Waals surface area (Å²) in [5, 5.41) is 15.4. The topological polar surface area (TPSA) is 136 Å². The van der Waals surface area contributed by atoms with Crippen LogP contribution in [-0.2, 0) is 32.2 Å². The van der Waals surface area contributed by atoms with Gasteiger partial charge in [-0.1, -0.05) is 91.0 Å². The Hall–Kier alpha value is -4.26. The van der Waals surface area contributed by atoms with E-state index in [4.69, 9.17) is 20.2 Å². The van der Waals surface area contributed by atoms with Crippen molar-refractivity contribution in [3.05, 3.63) is 119 Å². The molecule has 2 heterocycles. The van der Waals surface area contributed by atoms with Crippen molar-refractivity contribution in [1.82, 2.24) is 10.3 Å². The molecule has 0 unspecified atom stereocenters. The third-order valence-electron chi connectivity index (χ3n) is 8.57. The lowest BCUT2D eigenvalue weighted by atomic mass is 10.0. The van der Waals surface area contributed by atoms with Crippen molar-refractivity contribution in [3.63, 3.8) is 0 Å².